The highest BCUT2D eigenvalue weighted by Crippen LogP contribution is 1.96. The number of hydrogen-bond donors (Lipinski definition) is 2. The molecular weight excluding hydrogens is 247 g/mol. The van der Waals surface area contributed by atoms with Gasteiger partial charge in [0.1, 0.15) is 0 Å². The van der Waals surface area contributed by atoms with Gasteiger partial charge in [-0.3, -0.25) is 4.79 Å². The molecule has 0 fully saturated rings. The minimum atomic E-state index is -0.250. The van der Waals surface area contributed by atoms with E-state index in [0.29, 0.717) is 6.61 Å². The zero-order valence-electron chi connectivity index (χ0n) is 5.79. The first-order chi connectivity index (χ1) is 4.83. The van der Waals surface area contributed by atoms with Crippen molar-refractivity contribution < 1.29 is 15.0 Å². The van der Waals surface area contributed by atoms with Gasteiger partial charge >= 0.3 is 0 Å². The molecule has 0 rings (SSSR count). The average molecular weight is 260 g/mol. The van der Waals surface area contributed by atoms with Crippen LogP contribution >= 0.6 is 22.6 Å². The second kappa shape index (κ2) is 16.1. The molecule has 0 spiro atoms. The molecule has 0 saturated heterocycles. The lowest BCUT2D eigenvalue weighted by molar-refractivity contribution is -0.122. The summed E-state index contributed by atoms with van der Waals surface area (Å²) in [5.74, 6) is 0. The molecule has 10 heavy (non-hydrogen) atoms. The van der Waals surface area contributed by atoms with E-state index in [2.05, 4.69) is 22.6 Å². The van der Waals surface area contributed by atoms with Crippen LogP contribution in [0.2, 0.25) is 0 Å². The largest absolute Gasteiger partial charge is 0.483 e. The lowest BCUT2D eigenvalue weighted by Crippen LogP contribution is -1.81. The second-order valence-corrected chi connectivity index (χ2v) is 2.66. The highest BCUT2D eigenvalue weighted by molar-refractivity contribution is 14.1. The van der Waals surface area contributed by atoms with Crippen molar-refractivity contribution in [3.63, 3.8) is 0 Å². The fraction of sp³-hybridized carbons (Fsp3) is 0.833. The number of carboxylic acid groups (broad SMARTS) is 1. The maximum Gasteiger partial charge on any atom is 0.290 e. The number of carbonyl (C=O) groups is 1. The third-order valence-electron chi connectivity index (χ3n) is 0.792. The van der Waals surface area contributed by atoms with Crippen LogP contribution in [0.4, 0.5) is 0 Å². The summed E-state index contributed by atoms with van der Waals surface area (Å²) in [7, 11) is 0. The van der Waals surface area contributed by atoms with Crippen molar-refractivity contribution in [3.8, 4) is 0 Å². The number of alkyl halides is 1. The van der Waals surface area contributed by atoms with Crippen LogP contribution in [0, 0.1) is 0 Å². The number of rotatable bonds is 4. The molecule has 0 atom stereocenters. The Morgan fingerprint density at radius 2 is 1.80 bits per heavy atom. The minimum absolute atomic E-state index is 0.250. The Hall–Kier alpha value is 0.160. The first-order valence-electron chi connectivity index (χ1n) is 3.08. The summed E-state index contributed by atoms with van der Waals surface area (Å²) in [5.41, 5.74) is 0. The summed E-state index contributed by atoms with van der Waals surface area (Å²) in [4.78, 5) is 8.36. The van der Waals surface area contributed by atoms with Gasteiger partial charge in [-0.1, -0.05) is 29.0 Å². The van der Waals surface area contributed by atoms with E-state index in [1.54, 1.807) is 0 Å². The highest BCUT2D eigenvalue weighted by atomic mass is 127. The molecule has 0 bridgehead atoms. The fourth-order valence-corrected chi connectivity index (χ4v) is 0.922. The SMILES string of the molecule is O=CO.OCCCCCI. The quantitative estimate of drug-likeness (QED) is 0.346. The van der Waals surface area contributed by atoms with Crippen molar-refractivity contribution in [1.82, 2.24) is 0 Å². The van der Waals surface area contributed by atoms with Gasteiger partial charge < -0.3 is 10.2 Å². The van der Waals surface area contributed by atoms with E-state index in [0.717, 1.165) is 6.42 Å². The summed E-state index contributed by atoms with van der Waals surface area (Å²) in [6.07, 6.45) is 3.41. The molecule has 2 N–H and O–H groups in total. The standard InChI is InChI=1S/C5H11IO.CH2O2/c6-4-2-1-3-5-7;2-1-3/h7H,1-5H2;1H,(H,2,3). The Balaban J connectivity index is 0. The summed E-state index contributed by atoms with van der Waals surface area (Å²) in [6, 6.07) is 0. The van der Waals surface area contributed by atoms with E-state index >= 15 is 0 Å². The molecule has 0 aromatic heterocycles. The zero-order valence-corrected chi connectivity index (χ0v) is 7.95. The predicted octanol–water partition coefficient (Wildman–Crippen LogP) is 1.28. The first kappa shape index (κ1) is 12.8. The number of aliphatic hydroxyl groups is 1. The third kappa shape index (κ3) is 24.2. The van der Waals surface area contributed by atoms with Gasteiger partial charge in [0.25, 0.3) is 6.47 Å². The first-order valence-corrected chi connectivity index (χ1v) is 4.60. The van der Waals surface area contributed by atoms with Gasteiger partial charge in [-0.25, -0.2) is 0 Å². The molecular formula is C6H13IO3. The molecule has 0 aliphatic carbocycles. The summed E-state index contributed by atoms with van der Waals surface area (Å²) in [5, 5.41) is 15.2. The monoisotopic (exact) mass is 260 g/mol. The molecule has 0 amide bonds. The lowest BCUT2D eigenvalue weighted by atomic mass is 10.3. The lowest BCUT2D eigenvalue weighted by Gasteiger charge is -1.89. The van der Waals surface area contributed by atoms with E-state index in [1.807, 2.05) is 0 Å². The molecule has 0 saturated carbocycles. The van der Waals surface area contributed by atoms with Crippen molar-refractivity contribution in [2.75, 3.05) is 11.0 Å². The Labute approximate surface area is 74.6 Å². The maximum atomic E-state index is 8.36. The van der Waals surface area contributed by atoms with E-state index in [-0.39, 0.29) is 6.47 Å². The predicted molar refractivity (Wildman–Crippen MR) is 48.5 cm³/mol. The molecule has 3 nitrogen and oxygen atoms in total. The van der Waals surface area contributed by atoms with Crippen LogP contribution in [0.15, 0.2) is 0 Å². The van der Waals surface area contributed by atoms with Gasteiger partial charge in [-0.05, 0) is 17.3 Å². The van der Waals surface area contributed by atoms with Crippen molar-refractivity contribution in [2.45, 2.75) is 19.3 Å². The Morgan fingerprint density at radius 3 is 2.10 bits per heavy atom. The smallest absolute Gasteiger partial charge is 0.290 e. The minimum Gasteiger partial charge on any atom is -0.483 e. The summed E-state index contributed by atoms with van der Waals surface area (Å²) < 4.78 is 1.22. The van der Waals surface area contributed by atoms with Crippen LogP contribution in [0.25, 0.3) is 0 Å². The number of hydrogen-bond acceptors (Lipinski definition) is 2. The van der Waals surface area contributed by atoms with Gasteiger partial charge in [0, 0.05) is 6.61 Å². The Morgan fingerprint density at radius 1 is 1.30 bits per heavy atom. The number of unbranched alkanes of at least 4 members (excludes halogenated alkanes) is 2. The van der Waals surface area contributed by atoms with Crippen LogP contribution in [-0.2, 0) is 4.79 Å². The molecule has 0 aliphatic rings. The van der Waals surface area contributed by atoms with E-state index in [4.69, 9.17) is 15.0 Å². The Bertz CT molecular complexity index is 55.0. The summed E-state index contributed by atoms with van der Waals surface area (Å²) in [6.45, 7) is 0.108. The normalized spacial score (nSPS) is 7.80. The topological polar surface area (TPSA) is 57.5 Å². The molecule has 0 aromatic rings. The van der Waals surface area contributed by atoms with Gasteiger partial charge in [-0.15, -0.1) is 0 Å². The average Bonchev–Trinajstić information content (AvgIpc) is 1.91. The molecule has 4 heteroatoms. The number of halogens is 1. The molecule has 0 aromatic carbocycles. The van der Waals surface area contributed by atoms with Crippen molar-refractivity contribution >= 4 is 29.1 Å². The van der Waals surface area contributed by atoms with Gasteiger partial charge in [0.05, 0.1) is 0 Å². The number of aliphatic hydroxyl groups excluding tert-OH is 1. The van der Waals surface area contributed by atoms with Crippen LogP contribution < -0.4 is 0 Å². The van der Waals surface area contributed by atoms with Crippen molar-refractivity contribution in [3.05, 3.63) is 0 Å². The van der Waals surface area contributed by atoms with Gasteiger partial charge in [0.15, 0.2) is 0 Å². The maximum absolute atomic E-state index is 8.36. The van der Waals surface area contributed by atoms with Crippen LogP contribution in [0.1, 0.15) is 19.3 Å². The van der Waals surface area contributed by atoms with E-state index in [9.17, 15) is 0 Å². The molecule has 0 unspecified atom stereocenters. The van der Waals surface area contributed by atoms with Gasteiger partial charge in [-0.2, -0.15) is 0 Å². The third-order valence-corrected chi connectivity index (χ3v) is 1.55. The zero-order chi connectivity index (χ0) is 8.24. The van der Waals surface area contributed by atoms with Crippen LogP contribution in [0.5, 0.6) is 0 Å². The van der Waals surface area contributed by atoms with Crippen molar-refractivity contribution in [1.29, 1.82) is 0 Å². The molecule has 0 radical (unpaired) electrons. The molecule has 0 heterocycles. The van der Waals surface area contributed by atoms with Crippen LogP contribution in [0.3, 0.4) is 0 Å². The van der Waals surface area contributed by atoms with Gasteiger partial charge in [0.2, 0.25) is 0 Å². The van der Waals surface area contributed by atoms with E-state index < -0.39 is 0 Å². The fourth-order valence-electron chi connectivity index (χ4n) is 0.383. The van der Waals surface area contributed by atoms with E-state index in [1.165, 1.54) is 17.3 Å². The summed E-state index contributed by atoms with van der Waals surface area (Å²) >= 11 is 2.35. The molecule has 0 aliphatic heterocycles. The highest BCUT2D eigenvalue weighted by Gasteiger charge is 1.81. The van der Waals surface area contributed by atoms with Crippen molar-refractivity contribution in [2.24, 2.45) is 0 Å². The Kier molecular flexibility index (Phi) is 20.6. The second-order valence-electron chi connectivity index (χ2n) is 1.58. The molecule has 62 valence electrons. The van der Waals surface area contributed by atoms with Crippen LogP contribution in [-0.4, -0.2) is 27.7 Å².